The molecule has 2 atom stereocenters. The van der Waals surface area contributed by atoms with Gasteiger partial charge in [-0.1, -0.05) is 0 Å². The molecule has 1 N–H and O–H groups in total. The van der Waals surface area contributed by atoms with E-state index in [2.05, 4.69) is 21.2 Å². The van der Waals surface area contributed by atoms with Crippen LogP contribution in [0.5, 0.6) is 11.5 Å². The number of fused-ring (bicyclic) bond motifs is 1. The van der Waals surface area contributed by atoms with Crippen molar-refractivity contribution in [1.29, 1.82) is 0 Å². The average Bonchev–Trinajstić information content (AvgIpc) is 3.51. The minimum Gasteiger partial charge on any atom is -0.448 e. The van der Waals surface area contributed by atoms with Gasteiger partial charge in [-0.05, 0) is 54.2 Å². The number of anilines is 1. The number of carbonyl (C=O) groups excluding carboxylic acids is 1. The number of nitrogens with one attached hydrogen (secondary N) is 1. The van der Waals surface area contributed by atoms with E-state index in [1.54, 1.807) is 6.07 Å². The molecule has 1 aliphatic heterocycles. The van der Waals surface area contributed by atoms with E-state index in [9.17, 15) is 23.7 Å². The summed E-state index contributed by atoms with van der Waals surface area (Å²) in [5.74, 6) is -2.72. The van der Waals surface area contributed by atoms with Crippen LogP contribution in [-0.2, 0) is 11.2 Å². The summed E-state index contributed by atoms with van der Waals surface area (Å²) in [6.45, 7) is 1.94. The number of nitro benzene ring substituents is 1. The first kappa shape index (κ1) is 19.8. The van der Waals surface area contributed by atoms with Gasteiger partial charge < -0.3 is 10.1 Å². The number of carbonyl (C=O) groups is 1. The Morgan fingerprint density at radius 3 is 2.62 bits per heavy atom. The van der Waals surface area contributed by atoms with Crippen LogP contribution >= 0.6 is 15.9 Å². The number of hydrogen-bond donors (Lipinski definition) is 1. The second kappa shape index (κ2) is 7.37. The van der Waals surface area contributed by atoms with E-state index in [-0.39, 0.29) is 29.4 Å². The van der Waals surface area contributed by atoms with Crippen molar-refractivity contribution in [3.05, 3.63) is 56.1 Å². The van der Waals surface area contributed by atoms with Crippen LogP contribution in [0.4, 0.5) is 20.2 Å². The van der Waals surface area contributed by atoms with E-state index in [1.807, 2.05) is 13.0 Å². The van der Waals surface area contributed by atoms with Gasteiger partial charge in [0.1, 0.15) is 11.5 Å². The molecule has 2 aliphatic rings. The van der Waals surface area contributed by atoms with E-state index in [0.29, 0.717) is 28.6 Å². The van der Waals surface area contributed by atoms with Gasteiger partial charge in [0.2, 0.25) is 5.75 Å². The number of hydrogen-bond acceptors (Lipinski definition) is 5. The standard InChI is InChI=1S/C20H17BrF2N2O4/c1-9-11(19(26)10-2-3-10)6-12-16(24-9)5-4-13(21)20(12)29-18-8-15(23)14(22)7-17(18)25(27)28/h4-5,7-11,24H,2-3,6H2,1H3/t9-,11?/m0/s1. The number of ketones is 1. The fraction of sp³-hybridized carbons (Fsp3) is 0.350. The van der Waals surface area contributed by atoms with E-state index in [0.717, 1.165) is 18.5 Å². The molecule has 0 bridgehead atoms. The molecule has 152 valence electrons. The van der Waals surface area contributed by atoms with Crippen molar-refractivity contribution in [2.45, 2.75) is 32.2 Å². The maximum absolute atomic E-state index is 13.7. The third kappa shape index (κ3) is 3.71. The number of rotatable bonds is 5. The minimum atomic E-state index is -1.33. The number of nitrogens with zero attached hydrogens (tertiary/aromatic N) is 1. The third-order valence-corrected chi connectivity index (χ3v) is 6.00. The minimum absolute atomic E-state index is 0.0674. The molecule has 0 saturated heterocycles. The molecular formula is C20H17BrF2N2O4. The van der Waals surface area contributed by atoms with Crippen LogP contribution < -0.4 is 10.1 Å². The van der Waals surface area contributed by atoms with E-state index >= 15 is 0 Å². The number of halogens is 3. The summed E-state index contributed by atoms with van der Waals surface area (Å²) < 4.78 is 33.4. The van der Waals surface area contributed by atoms with Crippen LogP contribution in [0.15, 0.2) is 28.7 Å². The zero-order chi connectivity index (χ0) is 20.9. The van der Waals surface area contributed by atoms with Gasteiger partial charge in [0.05, 0.1) is 15.5 Å². The van der Waals surface area contributed by atoms with E-state index in [4.69, 9.17) is 4.74 Å². The number of nitro groups is 1. The quantitative estimate of drug-likeness (QED) is 0.472. The summed E-state index contributed by atoms with van der Waals surface area (Å²) in [6.07, 6.45) is 2.20. The van der Waals surface area contributed by atoms with E-state index < -0.39 is 28.0 Å². The Bertz CT molecular complexity index is 1030. The highest BCUT2D eigenvalue weighted by Gasteiger charge is 2.40. The Labute approximate surface area is 173 Å². The lowest BCUT2D eigenvalue weighted by Crippen LogP contribution is -2.38. The molecule has 1 saturated carbocycles. The van der Waals surface area contributed by atoms with E-state index in [1.165, 1.54) is 0 Å². The smallest absolute Gasteiger partial charge is 0.314 e. The lowest BCUT2D eigenvalue weighted by Gasteiger charge is -2.33. The molecule has 2 aromatic rings. The van der Waals surface area contributed by atoms with Gasteiger partial charge in [-0.2, -0.15) is 0 Å². The van der Waals surface area contributed by atoms with Crippen molar-refractivity contribution in [3.63, 3.8) is 0 Å². The largest absolute Gasteiger partial charge is 0.448 e. The second-order valence-corrected chi connectivity index (χ2v) is 8.27. The Balaban J connectivity index is 1.75. The summed E-state index contributed by atoms with van der Waals surface area (Å²) in [5.41, 5.74) is 0.715. The zero-order valence-electron chi connectivity index (χ0n) is 15.4. The monoisotopic (exact) mass is 466 g/mol. The second-order valence-electron chi connectivity index (χ2n) is 7.42. The molecule has 0 radical (unpaired) electrons. The Morgan fingerprint density at radius 2 is 1.97 bits per heavy atom. The highest BCUT2D eigenvalue weighted by atomic mass is 79.9. The molecule has 9 heteroatoms. The molecule has 1 unspecified atom stereocenters. The highest BCUT2D eigenvalue weighted by molar-refractivity contribution is 9.10. The van der Waals surface area contributed by atoms with Gasteiger partial charge in [-0.3, -0.25) is 14.9 Å². The topological polar surface area (TPSA) is 81.5 Å². The molecule has 1 fully saturated rings. The van der Waals surface area contributed by atoms with Crippen LogP contribution in [0.2, 0.25) is 0 Å². The number of benzene rings is 2. The summed E-state index contributed by atoms with van der Waals surface area (Å²) in [5, 5.41) is 14.6. The molecule has 29 heavy (non-hydrogen) atoms. The van der Waals surface area contributed by atoms with Gasteiger partial charge in [0, 0.05) is 35.2 Å². The van der Waals surface area contributed by atoms with Crippen molar-refractivity contribution in [3.8, 4) is 11.5 Å². The first-order chi connectivity index (χ1) is 13.8. The first-order valence-corrected chi connectivity index (χ1v) is 9.98. The average molecular weight is 467 g/mol. The zero-order valence-corrected chi connectivity index (χ0v) is 17.0. The summed E-state index contributed by atoms with van der Waals surface area (Å²) in [6, 6.07) is 4.60. The summed E-state index contributed by atoms with van der Waals surface area (Å²) in [4.78, 5) is 23.1. The molecular weight excluding hydrogens is 450 g/mol. The van der Waals surface area contributed by atoms with Crippen molar-refractivity contribution in [2.75, 3.05) is 5.32 Å². The van der Waals surface area contributed by atoms with Crippen molar-refractivity contribution in [2.24, 2.45) is 11.8 Å². The van der Waals surface area contributed by atoms with Crippen LogP contribution in [0.1, 0.15) is 25.3 Å². The SMILES string of the molecule is C[C@@H]1Nc2ccc(Br)c(Oc3cc(F)c(F)cc3[N+](=O)[O-])c2CC1C(=O)C1CC1. The predicted molar refractivity (Wildman–Crippen MR) is 105 cm³/mol. The van der Waals surface area contributed by atoms with Crippen LogP contribution in [0.25, 0.3) is 0 Å². The van der Waals surface area contributed by atoms with Crippen LogP contribution in [0, 0.1) is 33.6 Å². The molecule has 1 aliphatic carbocycles. The number of ether oxygens (including phenoxy) is 1. The molecule has 0 spiro atoms. The van der Waals surface area contributed by atoms with Gasteiger partial charge >= 0.3 is 5.69 Å². The van der Waals surface area contributed by atoms with Crippen molar-refractivity contribution in [1.82, 2.24) is 0 Å². The lowest BCUT2D eigenvalue weighted by atomic mass is 9.83. The molecule has 6 nitrogen and oxygen atoms in total. The summed E-state index contributed by atoms with van der Waals surface area (Å²) >= 11 is 3.37. The van der Waals surface area contributed by atoms with Crippen molar-refractivity contribution >= 4 is 33.1 Å². The fourth-order valence-electron chi connectivity index (χ4n) is 3.66. The maximum Gasteiger partial charge on any atom is 0.314 e. The van der Waals surface area contributed by atoms with Gasteiger partial charge in [-0.15, -0.1) is 0 Å². The lowest BCUT2D eigenvalue weighted by molar-refractivity contribution is -0.385. The van der Waals surface area contributed by atoms with Crippen LogP contribution in [0.3, 0.4) is 0 Å². The predicted octanol–water partition coefficient (Wildman–Crippen LogP) is 5.38. The summed E-state index contributed by atoms with van der Waals surface area (Å²) in [7, 11) is 0. The normalized spacial score (nSPS) is 20.6. The molecule has 1 heterocycles. The molecule has 0 amide bonds. The van der Waals surface area contributed by atoms with Gasteiger partial charge in [-0.25, -0.2) is 8.78 Å². The van der Waals surface area contributed by atoms with Crippen molar-refractivity contribution < 1.29 is 23.2 Å². The fourth-order valence-corrected chi connectivity index (χ4v) is 4.11. The maximum atomic E-state index is 13.7. The third-order valence-electron chi connectivity index (χ3n) is 5.38. The highest BCUT2D eigenvalue weighted by Crippen LogP contribution is 2.45. The Morgan fingerprint density at radius 1 is 1.28 bits per heavy atom. The molecule has 4 rings (SSSR count). The number of Topliss-reactive ketones (excluding diaryl/α,β-unsaturated/α-hetero) is 1. The Hall–Kier alpha value is -2.55. The first-order valence-electron chi connectivity index (χ1n) is 9.19. The van der Waals surface area contributed by atoms with Crippen LogP contribution in [-0.4, -0.2) is 16.7 Å². The van der Waals surface area contributed by atoms with Gasteiger partial charge in [0.15, 0.2) is 11.6 Å². The molecule has 2 aromatic carbocycles. The van der Waals surface area contributed by atoms with Gasteiger partial charge in [0.25, 0.3) is 0 Å². The molecule has 0 aromatic heterocycles. The Kier molecular flexibility index (Phi) is 5.02.